The standard InChI is InChI=1S/C25H24F2N2O2/c1-17-12-19(13-20-4-2-3-5-22(20)27)14-23(28-17)24-16-29(10-11-31-24)25(30)15-18-6-8-21(26)9-7-18/h2-9,12,14,24H,10-11,13,15-16H2,1H3/t24-/m1/s1. The zero-order chi connectivity index (χ0) is 21.8. The lowest BCUT2D eigenvalue weighted by Gasteiger charge is -2.33. The topological polar surface area (TPSA) is 42.4 Å². The molecule has 0 bridgehead atoms. The maximum absolute atomic E-state index is 14.1. The molecular weight excluding hydrogens is 398 g/mol. The van der Waals surface area contributed by atoms with Crippen LogP contribution < -0.4 is 0 Å². The summed E-state index contributed by atoms with van der Waals surface area (Å²) in [6, 6.07) is 16.6. The van der Waals surface area contributed by atoms with E-state index in [9.17, 15) is 13.6 Å². The highest BCUT2D eigenvalue weighted by Crippen LogP contribution is 2.24. The Kier molecular flexibility index (Phi) is 6.37. The van der Waals surface area contributed by atoms with Crippen molar-refractivity contribution in [3.05, 3.63) is 100 Å². The molecule has 4 nitrogen and oxygen atoms in total. The monoisotopic (exact) mass is 422 g/mol. The Bertz CT molecular complexity index is 1070. The van der Waals surface area contributed by atoms with Gasteiger partial charge in [0.2, 0.25) is 5.91 Å². The molecule has 4 rings (SSSR count). The van der Waals surface area contributed by atoms with Gasteiger partial charge in [-0.3, -0.25) is 9.78 Å². The summed E-state index contributed by atoms with van der Waals surface area (Å²) < 4.78 is 33.1. The second-order valence-corrected chi connectivity index (χ2v) is 7.81. The summed E-state index contributed by atoms with van der Waals surface area (Å²) in [5, 5.41) is 0. The third kappa shape index (κ3) is 5.33. The first-order valence-electron chi connectivity index (χ1n) is 10.3. The summed E-state index contributed by atoms with van der Waals surface area (Å²) in [7, 11) is 0. The van der Waals surface area contributed by atoms with Crippen molar-refractivity contribution in [1.29, 1.82) is 0 Å². The summed E-state index contributed by atoms with van der Waals surface area (Å²) in [4.78, 5) is 19.1. The van der Waals surface area contributed by atoms with Crippen LogP contribution in [0.2, 0.25) is 0 Å². The van der Waals surface area contributed by atoms with Gasteiger partial charge < -0.3 is 9.64 Å². The molecule has 2 heterocycles. The number of hydrogen-bond acceptors (Lipinski definition) is 3. The fourth-order valence-corrected chi connectivity index (χ4v) is 3.84. The van der Waals surface area contributed by atoms with Gasteiger partial charge in [0.25, 0.3) is 0 Å². The van der Waals surface area contributed by atoms with Crippen molar-refractivity contribution in [2.45, 2.75) is 25.9 Å². The number of carbonyl (C=O) groups is 1. The molecule has 6 heteroatoms. The number of aromatic nitrogens is 1. The molecule has 1 aromatic heterocycles. The normalized spacial score (nSPS) is 16.4. The van der Waals surface area contributed by atoms with Crippen LogP contribution in [0, 0.1) is 18.6 Å². The first kappa shape index (κ1) is 21.1. The first-order valence-corrected chi connectivity index (χ1v) is 10.3. The highest BCUT2D eigenvalue weighted by molar-refractivity contribution is 5.78. The van der Waals surface area contributed by atoms with E-state index in [4.69, 9.17) is 4.74 Å². The summed E-state index contributed by atoms with van der Waals surface area (Å²) >= 11 is 0. The number of halogens is 2. The van der Waals surface area contributed by atoms with Crippen molar-refractivity contribution in [3.63, 3.8) is 0 Å². The van der Waals surface area contributed by atoms with Crippen LogP contribution in [0.1, 0.15) is 34.2 Å². The zero-order valence-corrected chi connectivity index (χ0v) is 17.4. The van der Waals surface area contributed by atoms with E-state index in [1.165, 1.54) is 18.2 Å². The molecule has 1 amide bonds. The van der Waals surface area contributed by atoms with E-state index in [2.05, 4.69) is 4.98 Å². The summed E-state index contributed by atoms with van der Waals surface area (Å²) in [5.41, 5.74) is 3.91. The fraction of sp³-hybridized carbons (Fsp3) is 0.280. The number of benzene rings is 2. The average Bonchev–Trinajstić information content (AvgIpc) is 2.77. The van der Waals surface area contributed by atoms with E-state index in [1.54, 1.807) is 29.2 Å². The van der Waals surface area contributed by atoms with Gasteiger partial charge >= 0.3 is 0 Å². The molecular formula is C25H24F2N2O2. The number of morpholine rings is 1. The zero-order valence-electron chi connectivity index (χ0n) is 17.4. The number of amides is 1. The summed E-state index contributed by atoms with van der Waals surface area (Å²) in [5.74, 6) is -0.580. The van der Waals surface area contributed by atoms with Crippen molar-refractivity contribution in [3.8, 4) is 0 Å². The minimum atomic E-state index is -0.342. The van der Waals surface area contributed by atoms with Gasteiger partial charge in [0.05, 0.1) is 25.3 Å². The Balaban J connectivity index is 1.47. The van der Waals surface area contributed by atoms with Crippen LogP contribution in [0.5, 0.6) is 0 Å². The van der Waals surface area contributed by atoms with E-state index in [0.29, 0.717) is 31.7 Å². The van der Waals surface area contributed by atoms with Gasteiger partial charge in [-0.15, -0.1) is 0 Å². The molecule has 1 aliphatic heterocycles. The van der Waals surface area contributed by atoms with Crippen molar-refractivity contribution >= 4 is 5.91 Å². The Morgan fingerprint density at radius 1 is 1.10 bits per heavy atom. The highest BCUT2D eigenvalue weighted by Gasteiger charge is 2.26. The third-order valence-electron chi connectivity index (χ3n) is 5.40. The minimum absolute atomic E-state index is 0.0286. The lowest BCUT2D eigenvalue weighted by atomic mass is 10.0. The lowest BCUT2D eigenvalue weighted by molar-refractivity contribution is -0.138. The molecule has 1 atom stereocenters. The van der Waals surface area contributed by atoms with E-state index in [-0.39, 0.29) is 30.1 Å². The second kappa shape index (κ2) is 9.35. The van der Waals surface area contributed by atoms with Gasteiger partial charge in [-0.05, 0) is 53.9 Å². The van der Waals surface area contributed by atoms with Crippen LogP contribution in [-0.4, -0.2) is 35.5 Å². The number of hydrogen-bond donors (Lipinski definition) is 0. The molecule has 0 aliphatic carbocycles. The maximum atomic E-state index is 14.1. The van der Waals surface area contributed by atoms with E-state index < -0.39 is 0 Å². The van der Waals surface area contributed by atoms with Crippen molar-refractivity contribution in [2.24, 2.45) is 0 Å². The third-order valence-corrected chi connectivity index (χ3v) is 5.40. The van der Waals surface area contributed by atoms with Crippen LogP contribution in [0.4, 0.5) is 8.78 Å². The van der Waals surface area contributed by atoms with Crippen LogP contribution in [0.3, 0.4) is 0 Å². The van der Waals surface area contributed by atoms with Gasteiger partial charge in [-0.1, -0.05) is 30.3 Å². The number of rotatable bonds is 5. The Morgan fingerprint density at radius 2 is 1.87 bits per heavy atom. The van der Waals surface area contributed by atoms with Crippen LogP contribution in [0.25, 0.3) is 0 Å². The molecule has 2 aromatic carbocycles. The van der Waals surface area contributed by atoms with Crippen molar-refractivity contribution in [2.75, 3.05) is 19.7 Å². The largest absolute Gasteiger partial charge is 0.368 e. The summed E-state index contributed by atoms with van der Waals surface area (Å²) in [6.45, 7) is 3.22. The number of pyridine rings is 1. The second-order valence-electron chi connectivity index (χ2n) is 7.81. The minimum Gasteiger partial charge on any atom is -0.368 e. The highest BCUT2D eigenvalue weighted by atomic mass is 19.1. The molecule has 0 radical (unpaired) electrons. The van der Waals surface area contributed by atoms with Gasteiger partial charge in [-0.2, -0.15) is 0 Å². The molecule has 160 valence electrons. The lowest BCUT2D eigenvalue weighted by Crippen LogP contribution is -2.43. The predicted molar refractivity (Wildman–Crippen MR) is 114 cm³/mol. The van der Waals surface area contributed by atoms with Gasteiger partial charge in [0.15, 0.2) is 0 Å². The SMILES string of the molecule is Cc1cc(Cc2ccccc2F)cc([C@H]2CN(C(=O)Cc3ccc(F)cc3)CCO2)n1. The molecule has 0 saturated carbocycles. The first-order chi connectivity index (χ1) is 15.0. The van der Waals surface area contributed by atoms with Crippen LogP contribution in [-0.2, 0) is 22.4 Å². The quantitative estimate of drug-likeness (QED) is 0.612. The molecule has 0 N–H and O–H groups in total. The average molecular weight is 422 g/mol. The Morgan fingerprint density at radius 3 is 2.65 bits per heavy atom. The molecule has 1 fully saturated rings. The number of aryl methyl sites for hydroxylation is 1. The Hall–Kier alpha value is -3.12. The Labute approximate surface area is 180 Å². The number of nitrogens with zero attached hydrogens (tertiary/aromatic N) is 2. The molecule has 1 saturated heterocycles. The van der Waals surface area contributed by atoms with E-state index in [1.807, 2.05) is 25.1 Å². The molecule has 31 heavy (non-hydrogen) atoms. The van der Waals surface area contributed by atoms with Gasteiger partial charge in [0, 0.05) is 18.7 Å². The summed E-state index contributed by atoms with van der Waals surface area (Å²) in [6.07, 6.45) is 0.334. The van der Waals surface area contributed by atoms with Crippen molar-refractivity contribution in [1.82, 2.24) is 9.88 Å². The van der Waals surface area contributed by atoms with E-state index in [0.717, 1.165) is 22.5 Å². The van der Waals surface area contributed by atoms with Crippen LogP contribution in [0.15, 0.2) is 60.7 Å². The maximum Gasteiger partial charge on any atom is 0.227 e. The molecule has 1 aliphatic rings. The fourth-order valence-electron chi connectivity index (χ4n) is 3.84. The predicted octanol–water partition coefficient (Wildman–Crippen LogP) is 4.40. The number of ether oxygens (including phenoxy) is 1. The van der Waals surface area contributed by atoms with Crippen molar-refractivity contribution < 1.29 is 18.3 Å². The molecule has 0 spiro atoms. The van der Waals surface area contributed by atoms with Gasteiger partial charge in [0.1, 0.15) is 17.7 Å². The van der Waals surface area contributed by atoms with Gasteiger partial charge in [-0.25, -0.2) is 8.78 Å². The molecule has 0 unspecified atom stereocenters. The van der Waals surface area contributed by atoms with E-state index >= 15 is 0 Å². The number of carbonyl (C=O) groups excluding carboxylic acids is 1. The molecule has 3 aromatic rings. The smallest absolute Gasteiger partial charge is 0.227 e. The van der Waals surface area contributed by atoms with Crippen LogP contribution >= 0.6 is 0 Å².